The van der Waals surface area contributed by atoms with Gasteiger partial charge in [-0.05, 0) is 24.1 Å². The molecule has 0 aliphatic carbocycles. The van der Waals surface area contributed by atoms with Crippen molar-refractivity contribution in [3.63, 3.8) is 0 Å². The average molecular weight is 163 g/mol. The van der Waals surface area contributed by atoms with E-state index in [9.17, 15) is 5.11 Å². The van der Waals surface area contributed by atoms with Crippen LogP contribution in [0.5, 0.6) is 5.75 Å². The summed E-state index contributed by atoms with van der Waals surface area (Å²) < 4.78 is 0. The largest absolute Gasteiger partial charge is 0.508 e. The van der Waals surface area contributed by atoms with Crippen LogP contribution in [0.15, 0.2) is 18.2 Å². The lowest BCUT2D eigenvalue weighted by molar-refractivity contribution is 0.444. The fraction of sp³-hybridized carbons (Fsp3) is 0.400. The maximum atomic E-state index is 9.30. The van der Waals surface area contributed by atoms with E-state index in [4.69, 9.17) is 0 Å². The van der Waals surface area contributed by atoms with Gasteiger partial charge in [0.1, 0.15) is 5.75 Å². The van der Waals surface area contributed by atoms with E-state index in [1.165, 1.54) is 5.56 Å². The molecule has 12 heavy (non-hydrogen) atoms. The van der Waals surface area contributed by atoms with Crippen LogP contribution in [-0.4, -0.2) is 18.2 Å². The fourth-order valence-corrected chi connectivity index (χ4v) is 1.46. The molecule has 64 valence electrons. The maximum Gasteiger partial charge on any atom is 0.118 e. The van der Waals surface area contributed by atoms with Gasteiger partial charge in [-0.2, -0.15) is 0 Å². The highest BCUT2D eigenvalue weighted by molar-refractivity contribution is 5.37. The summed E-state index contributed by atoms with van der Waals surface area (Å²) in [5.41, 5.74) is 2.31. The van der Waals surface area contributed by atoms with E-state index in [1.807, 2.05) is 13.0 Å². The summed E-state index contributed by atoms with van der Waals surface area (Å²) in [6.07, 6.45) is 0. The normalized spacial score (nSPS) is 17.4. The Morgan fingerprint density at radius 2 is 2.17 bits per heavy atom. The quantitative estimate of drug-likeness (QED) is 0.655. The molecule has 0 radical (unpaired) electrons. The topological polar surface area (TPSA) is 32.3 Å². The number of phenolic OH excluding ortho intramolecular Hbond substituents is 1. The molecule has 2 heteroatoms. The molecule has 2 rings (SSSR count). The Morgan fingerprint density at radius 1 is 1.42 bits per heavy atom. The van der Waals surface area contributed by atoms with Crippen molar-refractivity contribution in [2.75, 3.05) is 13.1 Å². The molecule has 1 fully saturated rings. The minimum Gasteiger partial charge on any atom is -0.508 e. The maximum absolute atomic E-state index is 9.30. The number of benzene rings is 1. The molecule has 0 bridgehead atoms. The molecule has 0 unspecified atom stereocenters. The minimum absolute atomic E-state index is 0.394. The molecule has 0 saturated carbocycles. The molecule has 2 nitrogen and oxygen atoms in total. The van der Waals surface area contributed by atoms with Crippen molar-refractivity contribution in [1.29, 1.82) is 0 Å². The van der Waals surface area contributed by atoms with Gasteiger partial charge in [0.15, 0.2) is 0 Å². The van der Waals surface area contributed by atoms with Crippen LogP contribution in [0.4, 0.5) is 0 Å². The number of rotatable bonds is 1. The first kappa shape index (κ1) is 7.62. The van der Waals surface area contributed by atoms with Crippen LogP contribution in [0, 0.1) is 6.92 Å². The van der Waals surface area contributed by atoms with Crippen molar-refractivity contribution in [2.45, 2.75) is 12.8 Å². The van der Waals surface area contributed by atoms with Crippen molar-refractivity contribution in [3.05, 3.63) is 29.3 Å². The van der Waals surface area contributed by atoms with E-state index in [1.54, 1.807) is 6.07 Å². The summed E-state index contributed by atoms with van der Waals surface area (Å²) in [4.78, 5) is 0. The second kappa shape index (κ2) is 2.79. The van der Waals surface area contributed by atoms with Crippen molar-refractivity contribution in [2.24, 2.45) is 0 Å². The van der Waals surface area contributed by atoms with Crippen molar-refractivity contribution in [3.8, 4) is 5.75 Å². The van der Waals surface area contributed by atoms with Crippen LogP contribution in [0.1, 0.15) is 17.0 Å². The Kier molecular flexibility index (Phi) is 1.77. The third kappa shape index (κ3) is 1.18. The van der Waals surface area contributed by atoms with Crippen LogP contribution in [0.2, 0.25) is 0 Å². The Bertz CT molecular complexity index is 292. The van der Waals surface area contributed by atoms with Gasteiger partial charge >= 0.3 is 0 Å². The third-order valence-electron chi connectivity index (χ3n) is 2.47. The monoisotopic (exact) mass is 163 g/mol. The van der Waals surface area contributed by atoms with Gasteiger partial charge in [-0.3, -0.25) is 0 Å². The van der Waals surface area contributed by atoms with Crippen molar-refractivity contribution < 1.29 is 5.11 Å². The lowest BCUT2D eigenvalue weighted by Gasteiger charge is -2.27. The van der Waals surface area contributed by atoms with Gasteiger partial charge in [0, 0.05) is 19.0 Å². The number of hydrogen-bond acceptors (Lipinski definition) is 2. The first-order chi connectivity index (χ1) is 5.77. The third-order valence-corrected chi connectivity index (χ3v) is 2.47. The Hall–Kier alpha value is -1.02. The predicted molar refractivity (Wildman–Crippen MR) is 48.5 cm³/mol. The van der Waals surface area contributed by atoms with Crippen LogP contribution in [0.25, 0.3) is 0 Å². The van der Waals surface area contributed by atoms with Gasteiger partial charge in [0.25, 0.3) is 0 Å². The van der Waals surface area contributed by atoms with E-state index in [2.05, 4.69) is 11.4 Å². The number of aromatic hydroxyl groups is 1. The molecule has 0 aromatic heterocycles. The van der Waals surface area contributed by atoms with Gasteiger partial charge in [-0.15, -0.1) is 0 Å². The lowest BCUT2D eigenvalue weighted by Crippen LogP contribution is -2.39. The van der Waals surface area contributed by atoms with Crippen molar-refractivity contribution in [1.82, 2.24) is 5.32 Å². The Labute approximate surface area is 72.2 Å². The zero-order valence-electron chi connectivity index (χ0n) is 7.17. The second-order valence-electron chi connectivity index (χ2n) is 3.40. The van der Waals surface area contributed by atoms with E-state index in [0.717, 1.165) is 18.7 Å². The molecule has 0 spiro atoms. The van der Waals surface area contributed by atoms with Gasteiger partial charge in [-0.1, -0.05) is 12.1 Å². The summed E-state index contributed by atoms with van der Waals surface area (Å²) >= 11 is 0. The molecule has 1 aliphatic rings. The molecular weight excluding hydrogens is 150 g/mol. The highest BCUT2D eigenvalue weighted by atomic mass is 16.3. The molecule has 1 aromatic rings. The molecule has 0 atom stereocenters. The number of hydrogen-bond donors (Lipinski definition) is 2. The Balaban J connectivity index is 2.27. The zero-order chi connectivity index (χ0) is 8.55. The molecule has 1 aromatic carbocycles. The first-order valence-electron chi connectivity index (χ1n) is 4.27. The zero-order valence-corrected chi connectivity index (χ0v) is 7.17. The van der Waals surface area contributed by atoms with Crippen LogP contribution in [-0.2, 0) is 0 Å². The summed E-state index contributed by atoms with van der Waals surface area (Å²) in [5, 5.41) is 12.5. The smallest absolute Gasteiger partial charge is 0.118 e. The molecule has 1 heterocycles. The van der Waals surface area contributed by atoms with E-state index in [-0.39, 0.29) is 0 Å². The highest BCUT2D eigenvalue weighted by Crippen LogP contribution is 2.24. The van der Waals surface area contributed by atoms with Gasteiger partial charge in [0.2, 0.25) is 0 Å². The molecule has 2 N–H and O–H groups in total. The standard InChI is InChI=1S/C10H13NO/c1-7-4-8(2-3-10(7)12)9-5-11-6-9/h2-4,9,11-12H,5-6H2,1H3. The minimum atomic E-state index is 0.394. The first-order valence-corrected chi connectivity index (χ1v) is 4.27. The predicted octanol–water partition coefficient (Wildman–Crippen LogP) is 1.39. The Morgan fingerprint density at radius 3 is 2.67 bits per heavy atom. The van der Waals surface area contributed by atoms with Crippen molar-refractivity contribution >= 4 is 0 Å². The number of phenols is 1. The van der Waals surface area contributed by atoms with E-state index in [0.29, 0.717) is 11.7 Å². The highest BCUT2D eigenvalue weighted by Gasteiger charge is 2.18. The van der Waals surface area contributed by atoms with Crippen LogP contribution >= 0.6 is 0 Å². The molecule has 1 saturated heterocycles. The van der Waals surface area contributed by atoms with Crippen LogP contribution in [0.3, 0.4) is 0 Å². The van der Waals surface area contributed by atoms with Gasteiger partial charge in [0.05, 0.1) is 0 Å². The number of nitrogens with one attached hydrogen (secondary N) is 1. The van der Waals surface area contributed by atoms with E-state index >= 15 is 0 Å². The summed E-state index contributed by atoms with van der Waals surface area (Å²) in [7, 11) is 0. The van der Waals surface area contributed by atoms with Crippen LogP contribution < -0.4 is 5.32 Å². The average Bonchev–Trinajstić information content (AvgIpc) is 1.93. The SMILES string of the molecule is Cc1cc(C2CNC2)ccc1O. The summed E-state index contributed by atoms with van der Waals surface area (Å²) in [5.74, 6) is 1.05. The van der Waals surface area contributed by atoms with Gasteiger partial charge in [-0.25, -0.2) is 0 Å². The molecule has 0 amide bonds. The van der Waals surface area contributed by atoms with E-state index < -0.39 is 0 Å². The molecule has 1 aliphatic heterocycles. The fourth-order valence-electron chi connectivity index (χ4n) is 1.46. The lowest BCUT2D eigenvalue weighted by atomic mass is 9.92. The molecular formula is C10H13NO. The number of aryl methyl sites for hydroxylation is 1. The second-order valence-corrected chi connectivity index (χ2v) is 3.40. The summed E-state index contributed by atoms with van der Waals surface area (Å²) in [6.45, 7) is 4.08. The van der Waals surface area contributed by atoms with Gasteiger partial charge < -0.3 is 10.4 Å². The summed E-state index contributed by atoms with van der Waals surface area (Å²) in [6, 6.07) is 5.86.